The Morgan fingerprint density at radius 1 is 1.68 bits per heavy atom. The SMILES string of the molecule is [2H]C([2H])([2H])OC([2H])([2H])[C@H](N)Cc1oc2c(NCc3cccs3)cc(Cl)nc2c1C#C. The van der Waals surface area contributed by atoms with Crippen molar-refractivity contribution in [1.82, 2.24) is 4.98 Å². The third kappa shape index (κ3) is 3.97. The summed E-state index contributed by atoms with van der Waals surface area (Å²) in [5.41, 5.74) is 7.41. The molecule has 5 nitrogen and oxygen atoms in total. The molecule has 1 atom stereocenters. The number of anilines is 1. The lowest BCUT2D eigenvalue weighted by Crippen LogP contribution is -2.28. The molecule has 25 heavy (non-hydrogen) atoms. The topological polar surface area (TPSA) is 73.3 Å². The number of nitrogens with zero attached hydrogens (tertiary/aromatic N) is 1. The highest BCUT2D eigenvalue weighted by molar-refractivity contribution is 7.09. The molecule has 0 aliphatic carbocycles. The van der Waals surface area contributed by atoms with E-state index in [0.717, 1.165) is 4.88 Å². The monoisotopic (exact) mass is 380 g/mol. The second kappa shape index (κ2) is 7.89. The normalized spacial score (nSPS) is 16.3. The summed E-state index contributed by atoms with van der Waals surface area (Å²) in [5, 5.41) is 5.39. The molecule has 3 N–H and O–H groups in total. The minimum atomic E-state index is -2.95. The summed E-state index contributed by atoms with van der Waals surface area (Å²) >= 11 is 7.74. The van der Waals surface area contributed by atoms with Crippen LogP contribution in [-0.4, -0.2) is 24.6 Å². The van der Waals surface area contributed by atoms with E-state index in [1.54, 1.807) is 17.4 Å². The fourth-order valence-corrected chi connectivity index (χ4v) is 3.26. The van der Waals surface area contributed by atoms with Crippen molar-refractivity contribution in [3.8, 4) is 12.3 Å². The lowest BCUT2D eigenvalue weighted by molar-refractivity contribution is 0.178. The van der Waals surface area contributed by atoms with E-state index >= 15 is 0 Å². The highest BCUT2D eigenvalue weighted by atomic mass is 35.5. The fraction of sp³-hybridized carbons (Fsp3) is 0.278. The molecule has 0 saturated heterocycles. The molecular formula is C18H18ClN3O2S. The van der Waals surface area contributed by atoms with E-state index in [4.69, 9.17) is 35.0 Å². The lowest BCUT2D eigenvalue weighted by atomic mass is 10.1. The predicted octanol–water partition coefficient (Wildman–Crippen LogP) is 3.65. The van der Waals surface area contributed by atoms with Gasteiger partial charge in [-0.3, -0.25) is 0 Å². The number of hydrogen-bond donors (Lipinski definition) is 2. The van der Waals surface area contributed by atoms with Crippen molar-refractivity contribution in [3.05, 3.63) is 44.9 Å². The molecule has 7 heteroatoms. The second-order valence-electron chi connectivity index (χ2n) is 5.18. The van der Waals surface area contributed by atoms with Crippen molar-refractivity contribution in [2.24, 2.45) is 5.73 Å². The highest BCUT2D eigenvalue weighted by Gasteiger charge is 2.20. The molecule has 130 valence electrons. The minimum Gasteiger partial charge on any atom is -0.456 e. The molecule has 0 unspecified atom stereocenters. The number of terminal acetylenes is 1. The largest absolute Gasteiger partial charge is 0.456 e. The van der Waals surface area contributed by atoms with Gasteiger partial charge in [0.1, 0.15) is 16.4 Å². The molecule has 3 aromatic rings. The summed E-state index contributed by atoms with van der Waals surface area (Å²) in [5.74, 6) is 2.66. The molecule has 0 radical (unpaired) electrons. The van der Waals surface area contributed by atoms with Crippen LogP contribution in [-0.2, 0) is 17.7 Å². The highest BCUT2D eigenvalue weighted by Crippen LogP contribution is 2.33. The smallest absolute Gasteiger partial charge is 0.177 e. The van der Waals surface area contributed by atoms with Crippen molar-refractivity contribution in [3.63, 3.8) is 0 Å². The second-order valence-corrected chi connectivity index (χ2v) is 6.60. The van der Waals surface area contributed by atoms with Gasteiger partial charge in [0.05, 0.1) is 24.7 Å². The number of methoxy groups -OCH3 is 1. The molecule has 0 amide bonds. The fourth-order valence-electron chi connectivity index (χ4n) is 2.42. The van der Waals surface area contributed by atoms with Gasteiger partial charge in [0.25, 0.3) is 0 Å². The zero-order chi connectivity index (χ0) is 22.1. The number of thiophene rings is 1. The zero-order valence-electron chi connectivity index (χ0n) is 18.0. The van der Waals surface area contributed by atoms with Crippen molar-refractivity contribution >= 4 is 39.7 Å². The molecule has 0 aliphatic heterocycles. The number of aromatic nitrogens is 1. The van der Waals surface area contributed by atoms with Crippen LogP contribution in [0.1, 0.15) is 23.1 Å². The Kier molecular flexibility index (Phi) is 3.89. The number of nitrogens with one attached hydrogen (secondary N) is 1. The van der Waals surface area contributed by atoms with Crippen LogP contribution in [0.4, 0.5) is 5.69 Å². The van der Waals surface area contributed by atoms with E-state index in [9.17, 15) is 0 Å². The third-order valence-electron chi connectivity index (χ3n) is 3.48. The Morgan fingerprint density at radius 2 is 2.56 bits per heavy atom. The summed E-state index contributed by atoms with van der Waals surface area (Å²) < 4.78 is 47.4. The van der Waals surface area contributed by atoms with Gasteiger partial charge < -0.3 is 20.2 Å². The zero-order valence-corrected chi connectivity index (χ0v) is 14.6. The summed E-state index contributed by atoms with van der Waals surface area (Å²) in [6.07, 6.45) is 5.42. The summed E-state index contributed by atoms with van der Waals surface area (Å²) in [7, 11) is -2.95. The minimum absolute atomic E-state index is 0.187. The van der Waals surface area contributed by atoms with Crippen molar-refractivity contribution < 1.29 is 16.0 Å². The number of halogens is 1. The van der Waals surface area contributed by atoms with Gasteiger partial charge in [-0.2, -0.15) is 0 Å². The van der Waals surface area contributed by atoms with Crippen LogP contribution in [0.2, 0.25) is 5.15 Å². The van der Waals surface area contributed by atoms with Crippen LogP contribution >= 0.6 is 22.9 Å². The van der Waals surface area contributed by atoms with Gasteiger partial charge in [0, 0.05) is 37.0 Å². The number of fused-ring (bicyclic) bond motifs is 1. The van der Waals surface area contributed by atoms with Crippen LogP contribution in [0.25, 0.3) is 11.1 Å². The standard InChI is InChI=1S/C18H18ClN3O2S/c1-3-13-15(7-11(20)10-23-2)24-18-14(8-16(19)22-17(13)18)21-9-12-5-4-6-25-12/h1,4-6,8,11H,7,9-10,20H2,2H3,(H,21,22)/t11-/m1/s1/i2D3,10D2. The maximum Gasteiger partial charge on any atom is 0.177 e. The number of furan rings is 1. The van der Waals surface area contributed by atoms with Gasteiger partial charge >= 0.3 is 0 Å². The van der Waals surface area contributed by atoms with E-state index in [-0.39, 0.29) is 22.9 Å². The molecule has 3 heterocycles. The molecule has 3 rings (SSSR count). The Hall–Kier alpha value is -2.04. The van der Waals surface area contributed by atoms with Crippen LogP contribution in [0, 0.1) is 12.3 Å². The number of pyridine rings is 1. The molecule has 0 aliphatic rings. The maximum absolute atomic E-state index is 7.84. The Bertz CT molecular complexity index is 1080. The van der Waals surface area contributed by atoms with E-state index in [0.29, 0.717) is 23.3 Å². The molecule has 0 bridgehead atoms. The van der Waals surface area contributed by atoms with Gasteiger partial charge in [0.15, 0.2) is 5.58 Å². The van der Waals surface area contributed by atoms with Gasteiger partial charge in [-0.05, 0) is 11.4 Å². The van der Waals surface area contributed by atoms with E-state index in [1.807, 2.05) is 17.5 Å². The van der Waals surface area contributed by atoms with Crippen LogP contribution < -0.4 is 11.1 Å². The molecule has 0 saturated carbocycles. The Morgan fingerprint density at radius 3 is 3.28 bits per heavy atom. The van der Waals surface area contributed by atoms with Gasteiger partial charge in [-0.15, -0.1) is 17.8 Å². The molecule has 0 spiro atoms. The lowest BCUT2D eigenvalue weighted by Gasteiger charge is -2.08. The third-order valence-corrected chi connectivity index (χ3v) is 4.55. The van der Waals surface area contributed by atoms with Gasteiger partial charge in [0.2, 0.25) is 0 Å². The maximum atomic E-state index is 7.84. The van der Waals surface area contributed by atoms with Crippen molar-refractivity contribution in [2.75, 3.05) is 18.9 Å². The van der Waals surface area contributed by atoms with Crippen LogP contribution in [0.5, 0.6) is 0 Å². The quantitative estimate of drug-likeness (QED) is 0.483. The van der Waals surface area contributed by atoms with E-state index in [1.165, 1.54) is 0 Å². The summed E-state index contributed by atoms with van der Waals surface area (Å²) in [6, 6.07) is 4.16. The Labute approximate surface area is 162 Å². The number of ether oxygens (including phenoxy) is 1. The molecule has 0 aromatic carbocycles. The summed E-state index contributed by atoms with van der Waals surface area (Å²) in [6.45, 7) is -2.11. The first-order chi connectivity index (χ1) is 14.0. The van der Waals surface area contributed by atoms with E-state index < -0.39 is 19.6 Å². The number of nitrogens with two attached hydrogens (primary N) is 1. The first-order valence-electron chi connectivity index (χ1n) is 9.80. The molecule has 3 aromatic heterocycles. The Balaban J connectivity index is 1.94. The first kappa shape index (κ1) is 12.3. The predicted molar refractivity (Wildman–Crippen MR) is 102 cm³/mol. The molecular weight excluding hydrogens is 358 g/mol. The average Bonchev–Trinajstić information content (AvgIpc) is 3.24. The average molecular weight is 381 g/mol. The van der Waals surface area contributed by atoms with Gasteiger partial charge in [-0.25, -0.2) is 4.98 Å². The van der Waals surface area contributed by atoms with Crippen molar-refractivity contribution in [1.29, 1.82) is 0 Å². The van der Waals surface area contributed by atoms with Crippen LogP contribution in [0.3, 0.4) is 0 Å². The number of rotatable bonds is 7. The van der Waals surface area contributed by atoms with Crippen molar-refractivity contribution in [2.45, 2.75) is 19.0 Å². The van der Waals surface area contributed by atoms with E-state index in [2.05, 4.69) is 21.0 Å². The first-order valence-corrected chi connectivity index (χ1v) is 8.56. The molecule has 0 fully saturated rings. The van der Waals surface area contributed by atoms with Crippen LogP contribution in [0.15, 0.2) is 28.0 Å². The van der Waals surface area contributed by atoms with Gasteiger partial charge in [-0.1, -0.05) is 23.6 Å². The summed E-state index contributed by atoms with van der Waals surface area (Å²) in [4.78, 5) is 5.33. The number of hydrogen-bond acceptors (Lipinski definition) is 6.